The average molecular weight is 381 g/mol. The number of alkyl halides is 1. The van der Waals surface area contributed by atoms with Crippen LogP contribution in [0.2, 0.25) is 0 Å². The molecule has 1 aromatic rings. The molecular weight excluding hydrogens is 360 g/mol. The van der Waals surface area contributed by atoms with Gasteiger partial charge in [-0.2, -0.15) is 0 Å². The smallest absolute Gasteiger partial charge is 0.352 e. The Morgan fingerprint density at radius 3 is 2.38 bits per heavy atom. The van der Waals surface area contributed by atoms with Crippen molar-refractivity contribution in [2.75, 3.05) is 19.8 Å². The minimum absolute atomic E-state index is 0.0747. The SMILES string of the molecule is CC1(C)OCC(=C(C(=O)O)N2C[C@H](NC(=O)c3ccccc3)[C@H]2Cl)CO1. The molecule has 26 heavy (non-hydrogen) atoms. The van der Waals surface area contributed by atoms with Crippen LogP contribution in [-0.4, -0.2) is 59.0 Å². The maximum Gasteiger partial charge on any atom is 0.352 e. The summed E-state index contributed by atoms with van der Waals surface area (Å²) in [6.07, 6.45) is 0. The van der Waals surface area contributed by atoms with Gasteiger partial charge < -0.3 is 24.8 Å². The number of carboxylic acid groups (broad SMARTS) is 1. The number of halogens is 1. The number of ether oxygens (including phenoxy) is 2. The Balaban J connectivity index is 1.67. The van der Waals surface area contributed by atoms with E-state index in [0.29, 0.717) is 17.7 Å². The monoisotopic (exact) mass is 380 g/mol. The molecule has 2 heterocycles. The number of nitrogens with zero attached hydrogens (tertiary/aromatic N) is 1. The van der Waals surface area contributed by atoms with Crippen molar-refractivity contribution in [3.05, 3.63) is 47.2 Å². The molecular formula is C18H21ClN2O5. The van der Waals surface area contributed by atoms with Gasteiger partial charge in [0.05, 0.1) is 19.3 Å². The van der Waals surface area contributed by atoms with Crippen molar-refractivity contribution in [2.45, 2.75) is 31.2 Å². The number of aliphatic carboxylic acids is 1. The lowest BCUT2D eigenvalue weighted by molar-refractivity contribution is -0.226. The molecule has 0 radical (unpaired) electrons. The highest BCUT2D eigenvalue weighted by Crippen LogP contribution is 2.31. The van der Waals surface area contributed by atoms with Crippen LogP contribution in [0.5, 0.6) is 0 Å². The van der Waals surface area contributed by atoms with Crippen molar-refractivity contribution in [1.29, 1.82) is 0 Å². The average Bonchev–Trinajstić information content (AvgIpc) is 2.61. The van der Waals surface area contributed by atoms with E-state index in [-0.39, 0.29) is 30.9 Å². The lowest BCUT2D eigenvalue weighted by Gasteiger charge is -2.47. The van der Waals surface area contributed by atoms with E-state index in [9.17, 15) is 14.7 Å². The first-order valence-corrected chi connectivity index (χ1v) is 8.72. The first kappa shape index (κ1) is 18.7. The van der Waals surface area contributed by atoms with E-state index >= 15 is 0 Å². The predicted molar refractivity (Wildman–Crippen MR) is 94.7 cm³/mol. The fourth-order valence-corrected chi connectivity index (χ4v) is 3.19. The first-order valence-electron chi connectivity index (χ1n) is 8.28. The zero-order valence-corrected chi connectivity index (χ0v) is 15.3. The molecule has 140 valence electrons. The van der Waals surface area contributed by atoms with Gasteiger partial charge in [0, 0.05) is 17.7 Å². The number of hydrogen-bond acceptors (Lipinski definition) is 5. The third-order valence-corrected chi connectivity index (χ3v) is 4.93. The molecule has 0 unspecified atom stereocenters. The van der Waals surface area contributed by atoms with Crippen molar-refractivity contribution in [2.24, 2.45) is 0 Å². The highest BCUT2D eigenvalue weighted by Gasteiger charge is 2.43. The van der Waals surface area contributed by atoms with Gasteiger partial charge in [-0.1, -0.05) is 29.8 Å². The second-order valence-electron chi connectivity index (χ2n) is 6.71. The van der Waals surface area contributed by atoms with Crippen molar-refractivity contribution in [3.63, 3.8) is 0 Å². The van der Waals surface area contributed by atoms with Crippen molar-refractivity contribution in [1.82, 2.24) is 10.2 Å². The number of carbonyl (C=O) groups is 2. The van der Waals surface area contributed by atoms with Gasteiger partial charge in [0.2, 0.25) is 0 Å². The molecule has 2 fully saturated rings. The number of benzene rings is 1. The molecule has 2 atom stereocenters. The summed E-state index contributed by atoms with van der Waals surface area (Å²) in [4.78, 5) is 25.5. The Kier molecular flexibility index (Phi) is 5.22. The summed E-state index contributed by atoms with van der Waals surface area (Å²) in [7, 11) is 0. The summed E-state index contributed by atoms with van der Waals surface area (Å²) >= 11 is 6.36. The number of rotatable bonds is 4. The van der Waals surface area contributed by atoms with Gasteiger partial charge in [0.1, 0.15) is 11.2 Å². The van der Waals surface area contributed by atoms with Gasteiger partial charge in [-0.05, 0) is 26.0 Å². The highest BCUT2D eigenvalue weighted by atomic mass is 35.5. The Morgan fingerprint density at radius 1 is 1.23 bits per heavy atom. The minimum atomic E-state index is -1.09. The van der Waals surface area contributed by atoms with Crippen LogP contribution in [0, 0.1) is 0 Å². The van der Waals surface area contributed by atoms with Gasteiger partial charge in [-0.15, -0.1) is 0 Å². The Hall–Kier alpha value is -2.09. The summed E-state index contributed by atoms with van der Waals surface area (Å²) in [5, 5.41) is 12.4. The molecule has 2 N–H and O–H groups in total. The van der Waals surface area contributed by atoms with Crippen LogP contribution in [0.15, 0.2) is 41.6 Å². The zero-order chi connectivity index (χ0) is 18.9. The Bertz CT molecular complexity index is 722. The molecule has 1 aromatic carbocycles. The van der Waals surface area contributed by atoms with Gasteiger partial charge >= 0.3 is 5.97 Å². The van der Waals surface area contributed by atoms with Crippen LogP contribution in [-0.2, 0) is 14.3 Å². The number of amides is 1. The van der Waals surface area contributed by atoms with Crippen molar-refractivity contribution >= 4 is 23.5 Å². The maximum absolute atomic E-state index is 12.2. The number of likely N-dealkylation sites (tertiary alicyclic amines) is 1. The molecule has 2 saturated heterocycles. The Morgan fingerprint density at radius 2 is 1.85 bits per heavy atom. The largest absolute Gasteiger partial charge is 0.477 e. The molecule has 8 heteroatoms. The summed E-state index contributed by atoms with van der Waals surface area (Å²) in [5.41, 5.74) is 0.472. The van der Waals surface area contributed by atoms with Crippen LogP contribution < -0.4 is 5.32 Å². The summed E-state index contributed by atoms with van der Waals surface area (Å²) in [5.74, 6) is -2.07. The number of nitrogens with one attached hydrogen (secondary N) is 1. The number of carboxylic acids is 1. The molecule has 0 aliphatic carbocycles. The third-order valence-electron chi connectivity index (χ3n) is 4.39. The second-order valence-corrected chi connectivity index (χ2v) is 7.15. The highest BCUT2D eigenvalue weighted by molar-refractivity contribution is 6.22. The first-order chi connectivity index (χ1) is 12.3. The normalized spacial score (nSPS) is 24.6. The van der Waals surface area contributed by atoms with Crippen LogP contribution in [0.1, 0.15) is 24.2 Å². The lowest BCUT2D eigenvalue weighted by Crippen LogP contribution is -2.64. The van der Waals surface area contributed by atoms with Crippen LogP contribution in [0.3, 0.4) is 0 Å². The lowest BCUT2D eigenvalue weighted by atomic mass is 10.0. The molecule has 0 saturated carbocycles. The molecule has 0 spiro atoms. The van der Waals surface area contributed by atoms with E-state index in [2.05, 4.69) is 5.32 Å². The standard InChI is InChI=1S/C18H21ClN2O5/c1-18(2)25-9-12(10-26-18)14(17(23)24)21-8-13(15(21)19)20-16(22)11-6-4-3-5-7-11/h3-7,13,15H,8-10H2,1-2H3,(H,20,22)(H,23,24)/t13-,15-/m0/s1. The minimum Gasteiger partial charge on any atom is -0.477 e. The molecule has 2 aliphatic heterocycles. The molecule has 7 nitrogen and oxygen atoms in total. The molecule has 0 aromatic heterocycles. The Labute approximate surface area is 156 Å². The van der Waals surface area contributed by atoms with E-state index in [0.717, 1.165) is 0 Å². The van der Waals surface area contributed by atoms with Gasteiger partial charge in [-0.25, -0.2) is 4.79 Å². The summed E-state index contributed by atoms with van der Waals surface area (Å²) in [6.45, 7) is 4.17. The zero-order valence-electron chi connectivity index (χ0n) is 14.6. The van der Waals surface area contributed by atoms with Crippen LogP contribution in [0.25, 0.3) is 0 Å². The second kappa shape index (κ2) is 7.26. The van der Waals surface area contributed by atoms with E-state index in [4.69, 9.17) is 21.1 Å². The predicted octanol–water partition coefficient (Wildman–Crippen LogP) is 1.79. The van der Waals surface area contributed by atoms with E-state index in [1.807, 2.05) is 6.07 Å². The molecule has 3 rings (SSSR count). The van der Waals surface area contributed by atoms with E-state index in [1.54, 1.807) is 43.0 Å². The van der Waals surface area contributed by atoms with Gasteiger partial charge in [0.15, 0.2) is 5.79 Å². The van der Waals surface area contributed by atoms with E-state index < -0.39 is 17.3 Å². The van der Waals surface area contributed by atoms with Crippen molar-refractivity contribution in [3.8, 4) is 0 Å². The van der Waals surface area contributed by atoms with Crippen LogP contribution >= 0.6 is 11.6 Å². The van der Waals surface area contributed by atoms with E-state index in [1.165, 1.54) is 0 Å². The maximum atomic E-state index is 12.2. The third kappa shape index (κ3) is 3.85. The van der Waals surface area contributed by atoms with Crippen molar-refractivity contribution < 1.29 is 24.2 Å². The molecule has 2 aliphatic rings. The quantitative estimate of drug-likeness (QED) is 0.470. The molecule has 0 bridgehead atoms. The molecule has 1 amide bonds. The fraction of sp³-hybridized carbons (Fsp3) is 0.444. The van der Waals surface area contributed by atoms with Gasteiger partial charge in [-0.3, -0.25) is 4.79 Å². The topological polar surface area (TPSA) is 88.1 Å². The number of hydrogen-bond donors (Lipinski definition) is 2. The fourth-order valence-electron chi connectivity index (χ4n) is 2.87. The van der Waals surface area contributed by atoms with Crippen LogP contribution in [0.4, 0.5) is 0 Å². The summed E-state index contributed by atoms with van der Waals surface area (Å²) < 4.78 is 11.1. The van der Waals surface area contributed by atoms with Gasteiger partial charge in [0.25, 0.3) is 5.91 Å². The summed E-state index contributed by atoms with van der Waals surface area (Å²) in [6, 6.07) is 8.44. The number of carbonyl (C=O) groups excluding carboxylic acids is 1.